The monoisotopic (exact) mass is 444 g/mol. The average Bonchev–Trinajstić information content (AvgIpc) is 3.11. The van der Waals surface area contributed by atoms with Gasteiger partial charge in [-0.3, -0.25) is 14.5 Å². The average molecular weight is 445 g/mol. The number of thioether (sulfide) groups is 1. The van der Waals surface area contributed by atoms with Crippen LogP contribution in [0.15, 0.2) is 35.2 Å². The van der Waals surface area contributed by atoms with Gasteiger partial charge in [0.1, 0.15) is 10.9 Å². The third-order valence-electron chi connectivity index (χ3n) is 4.54. The number of esters is 1. The van der Waals surface area contributed by atoms with Crippen LogP contribution in [0.25, 0.3) is 11.8 Å². The molecule has 156 valence electrons. The molecular weight excluding hydrogens is 424 g/mol. The number of amides is 1. The van der Waals surface area contributed by atoms with Gasteiger partial charge in [-0.1, -0.05) is 30.0 Å². The van der Waals surface area contributed by atoms with Crippen molar-refractivity contribution in [2.75, 3.05) is 13.2 Å². The van der Waals surface area contributed by atoms with Crippen LogP contribution in [0, 0.1) is 13.8 Å². The molecule has 1 aromatic carbocycles. The van der Waals surface area contributed by atoms with E-state index in [4.69, 9.17) is 22.1 Å². The van der Waals surface area contributed by atoms with Crippen molar-refractivity contribution >= 4 is 52.2 Å². The minimum Gasteiger partial charge on any atom is -0.480 e. The van der Waals surface area contributed by atoms with Gasteiger partial charge in [0.05, 0.1) is 17.1 Å². The van der Waals surface area contributed by atoms with Crippen LogP contribution < -0.4 is 0 Å². The molecule has 1 saturated heterocycles. The van der Waals surface area contributed by atoms with Gasteiger partial charge in [0.25, 0.3) is 5.91 Å². The van der Waals surface area contributed by atoms with Crippen molar-refractivity contribution in [1.82, 2.24) is 9.47 Å². The minimum absolute atomic E-state index is 0.226. The molecule has 30 heavy (non-hydrogen) atoms. The second-order valence-corrected chi connectivity index (χ2v) is 8.27. The summed E-state index contributed by atoms with van der Waals surface area (Å²) < 4.78 is 7.28. The number of carboxylic acids is 1. The molecule has 3 rings (SSSR count). The van der Waals surface area contributed by atoms with Gasteiger partial charge in [-0.25, -0.2) is 4.79 Å². The zero-order valence-corrected chi connectivity index (χ0v) is 18.3. The zero-order valence-electron chi connectivity index (χ0n) is 16.7. The molecule has 0 unspecified atom stereocenters. The molecule has 1 amide bonds. The molecule has 1 aliphatic rings. The molecule has 2 aromatic rings. The lowest BCUT2D eigenvalue weighted by atomic mass is 10.2. The highest BCUT2D eigenvalue weighted by atomic mass is 32.2. The molecule has 7 nitrogen and oxygen atoms in total. The number of aliphatic carboxylic acids is 1. The van der Waals surface area contributed by atoms with Gasteiger partial charge in [-0.2, -0.15) is 0 Å². The van der Waals surface area contributed by atoms with Crippen LogP contribution in [0.2, 0.25) is 0 Å². The van der Waals surface area contributed by atoms with E-state index >= 15 is 0 Å². The second-order valence-electron chi connectivity index (χ2n) is 6.59. The van der Waals surface area contributed by atoms with Crippen LogP contribution in [-0.2, 0) is 14.3 Å². The van der Waals surface area contributed by atoms with Crippen molar-refractivity contribution < 1.29 is 24.2 Å². The summed E-state index contributed by atoms with van der Waals surface area (Å²) in [6, 6.07) is 9.06. The number of rotatable bonds is 6. The first-order valence-electron chi connectivity index (χ1n) is 9.16. The molecule has 0 saturated carbocycles. The van der Waals surface area contributed by atoms with Crippen LogP contribution in [-0.4, -0.2) is 49.9 Å². The van der Waals surface area contributed by atoms with E-state index in [1.165, 1.54) is 0 Å². The number of ether oxygens (including phenoxy) is 1. The maximum Gasteiger partial charge on any atom is 0.338 e. The van der Waals surface area contributed by atoms with Crippen LogP contribution in [0.5, 0.6) is 0 Å². The number of carbonyl (C=O) groups excluding carboxylic acids is 2. The Labute approximate surface area is 183 Å². The fraction of sp³-hybridized carbons (Fsp3) is 0.238. The molecule has 0 atom stereocenters. The highest BCUT2D eigenvalue weighted by molar-refractivity contribution is 8.26. The molecule has 9 heteroatoms. The van der Waals surface area contributed by atoms with E-state index in [0.717, 1.165) is 39.3 Å². The quantitative estimate of drug-likeness (QED) is 0.414. The van der Waals surface area contributed by atoms with Crippen molar-refractivity contribution in [3.63, 3.8) is 0 Å². The Hall–Kier alpha value is -2.91. The number of hydrogen-bond donors (Lipinski definition) is 1. The Morgan fingerprint density at radius 3 is 2.67 bits per heavy atom. The van der Waals surface area contributed by atoms with E-state index in [1.807, 2.05) is 30.5 Å². The lowest BCUT2D eigenvalue weighted by molar-refractivity contribution is -0.140. The number of thiocarbonyl (C=S) groups is 1. The Balaban J connectivity index is 1.96. The summed E-state index contributed by atoms with van der Waals surface area (Å²) in [6.45, 7) is 5.44. The van der Waals surface area contributed by atoms with Gasteiger partial charge in [0.2, 0.25) is 0 Å². The van der Waals surface area contributed by atoms with E-state index in [9.17, 15) is 14.4 Å². The van der Waals surface area contributed by atoms with Crippen molar-refractivity contribution in [2.45, 2.75) is 20.8 Å². The van der Waals surface area contributed by atoms with Crippen molar-refractivity contribution in [1.29, 1.82) is 0 Å². The Morgan fingerprint density at radius 2 is 2.00 bits per heavy atom. The summed E-state index contributed by atoms with van der Waals surface area (Å²) in [5.41, 5.74) is 3.86. The summed E-state index contributed by atoms with van der Waals surface area (Å²) in [5, 5.41) is 8.97. The van der Waals surface area contributed by atoms with Crippen molar-refractivity contribution in [3.8, 4) is 5.69 Å². The molecule has 1 N–H and O–H groups in total. The number of aryl methyl sites for hydroxylation is 1. The number of nitrogens with zero attached hydrogens (tertiary/aromatic N) is 2. The van der Waals surface area contributed by atoms with Crippen LogP contribution in [0.1, 0.15) is 34.2 Å². The Kier molecular flexibility index (Phi) is 6.42. The molecule has 1 aromatic heterocycles. The highest BCUT2D eigenvalue weighted by Gasteiger charge is 2.33. The first-order chi connectivity index (χ1) is 14.2. The molecule has 0 aliphatic carbocycles. The van der Waals surface area contributed by atoms with Crippen LogP contribution >= 0.6 is 24.0 Å². The zero-order chi connectivity index (χ0) is 22.0. The number of carboxylic acid groups (broad SMARTS) is 1. The number of carbonyl (C=O) groups is 3. The van der Waals surface area contributed by atoms with Crippen LogP contribution in [0.3, 0.4) is 0 Å². The minimum atomic E-state index is -1.12. The first kappa shape index (κ1) is 21.8. The smallest absolute Gasteiger partial charge is 0.338 e. The molecule has 0 spiro atoms. The maximum atomic E-state index is 12.5. The third kappa shape index (κ3) is 4.31. The van der Waals surface area contributed by atoms with Gasteiger partial charge in [0, 0.05) is 17.1 Å². The van der Waals surface area contributed by atoms with Gasteiger partial charge in [-0.15, -0.1) is 0 Å². The summed E-state index contributed by atoms with van der Waals surface area (Å²) in [6.07, 6.45) is 1.72. The fourth-order valence-electron chi connectivity index (χ4n) is 3.23. The van der Waals surface area contributed by atoms with Crippen LogP contribution in [0.4, 0.5) is 0 Å². The number of hydrogen-bond acceptors (Lipinski definition) is 6. The highest BCUT2D eigenvalue weighted by Crippen LogP contribution is 2.34. The fourth-order valence-corrected chi connectivity index (χ4v) is 4.48. The summed E-state index contributed by atoms with van der Waals surface area (Å²) >= 11 is 6.23. The SMILES string of the molecule is CCOC(=O)c1cccc(-n2c(C)cc(/C=C3/SC(=S)N(CC(=O)O)C3=O)c2C)c1. The third-order valence-corrected chi connectivity index (χ3v) is 5.92. The Morgan fingerprint density at radius 1 is 1.27 bits per heavy atom. The standard InChI is InChI=1S/C21H20N2O5S2/c1-4-28-20(27)14-6-5-7-16(9-14)23-12(2)8-15(13(23)3)10-17-19(26)22(11-18(24)25)21(29)30-17/h5-10H,4,11H2,1-3H3,(H,24,25)/b17-10+. The number of benzene rings is 1. The van der Waals surface area contributed by atoms with E-state index in [0.29, 0.717) is 17.1 Å². The number of aromatic nitrogens is 1. The van der Waals surface area contributed by atoms with E-state index in [2.05, 4.69) is 0 Å². The summed E-state index contributed by atoms with van der Waals surface area (Å²) in [4.78, 5) is 37.0. The molecule has 1 fully saturated rings. The largest absolute Gasteiger partial charge is 0.480 e. The molecule has 0 radical (unpaired) electrons. The summed E-state index contributed by atoms with van der Waals surface area (Å²) in [5.74, 6) is -1.92. The normalized spacial score (nSPS) is 15.2. The topological polar surface area (TPSA) is 88.8 Å². The molecule has 0 bridgehead atoms. The molecule has 2 heterocycles. The lowest BCUT2D eigenvalue weighted by Crippen LogP contribution is -2.33. The summed E-state index contributed by atoms with van der Waals surface area (Å²) in [7, 11) is 0. The first-order valence-corrected chi connectivity index (χ1v) is 10.4. The van der Waals surface area contributed by atoms with E-state index in [-0.39, 0.29) is 10.3 Å². The van der Waals surface area contributed by atoms with Crippen molar-refractivity contribution in [3.05, 3.63) is 57.8 Å². The predicted molar refractivity (Wildman–Crippen MR) is 119 cm³/mol. The van der Waals surface area contributed by atoms with Gasteiger partial charge >= 0.3 is 11.9 Å². The van der Waals surface area contributed by atoms with Crippen molar-refractivity contribution in [2.24, 2.45) is 0 Å². The second kappa shape index (κ2) is 8.85. The van der Waals surface area contributed by atoms with E-state index < -0.39 is 18.4 Å². The Bertz CT molecular complexity index is 1090. The van der Waals surface area contributed by atoms with Gasteiger partial charge in [0.15, 0.2) is 0 Å². The van der Waals surface area contributed by atoms with E-state index in [1.54, 1.807) is 31.2 Å². The van der Waals surface area contributed by atoms with Gasteiger partial charge < -0.3 is 14.4 Å². The molecule has 1 aliphatic heterocycles. The lowest BCUT2D eigenvalue weighted by Gasteiger charge is -2.11. The molecular formula is C21H20N2O5S2. The van der Waals surface area contributed by atoms with Gasteiger partial charge in [-0.05, 0) is 56.7 Å². The maximum absolute atomic E-state index is 12.5. The predicted octanol–water partition coefficient (Wildman–Crippen LogP) is 3.56.